The van der Waals surface area contributed by atoms with Crippen LogP contribution in [-0.4, -0.2) is 56.7 Å². The lowest BCUT2D eigenvalue weighted by molar-refractivity contribution is 0.0597. The van der Waals surface area contributed by atoms with Gasteiger partial charge in [-0.3, -0.25) is 4.72 Å². The Kier molecular flexibility index (Phi) is 9.16. The number of benzene rings is 3. The van der Waals surface area contributed by atoms with E-state index in [-0.39, 0.29) is 45.9 Å². The smallest absolute Gasteiger partial charge is 0.341 e. The maximum atomic E-state index is 13.7. The normalized spacial score (nSPS) is 11.7. The number of para-hydroxylation sites is 1. The van der Waals surface area contributed by atoms with Crippen LogP contribution in [0.1, 0.15) is 28.4 Å². The predicted octanol–water partition coefficient (Wildman–Crippen LogP) is 4.89. The average molecular weight is 665 g/mol. The number of hydrogen-bond acceptors (Lipinski definition) is 11. The van der Waals surface area contributed by atoms with Crippen molar-refractivity contribution in [3.63, 3.8) is 0 Å². The van der Waals surface area contributed by atoms with Gasteiger partial charge >= 0.3 is 5.97 Å². The van der Waals surface area contributed by atoms with Gasteiger partial charge in [0.2, 0.25) is 16.0 Å². The molecule has 13 nitrogen and oxygen atoms in total. The highest BCUT2D eigenvalue weighted by Gasteiger charge is 2.23. The number of sulfonamides is 1. The number of nitrogens with one attached hydrogen (secondary N) is 3. The summed E-state index contributed by atoms with van der Waals surface area (Å²) in [7, 11) is -4.90. The van der Waals surface area contributed by atoms with Crippen LogP contribution in [0, 0.1) is 6.92 Å². The molecule has 0 aliphatic heterocycles. The number of hydrogen-bond donors (Lipinski definition) is 3. The molecular weight excluding hydrogens is 633 g/mol. The zero-order valence-corrected chi connectivity index (χ0v) is 27.1. The molecule has 3 aromatic carbocycles. The molecule has 5 aromatic rings. The fraction of sp³-hybridized carbons (Fsp3) is 0.194. The monoisotopic (exact) mass is 664 g/mol. The van der Waals surface area contributed by atoms with Crippen molar-refractivity contribution in [2.24, 2.45) is 0 Å². The van der Waals surface area contributed by atoms with Crippen molar-refractivity contribution in [1.29, 1.82) is 0 Å². The van der Waals surface area contributed by atoms with E-state index in [0.29, 0.717) is 22.3 Å². The molecule has 15 heteroatoms. The van der Waals surface area contributed by atoms with E-state index in [1.165, 1.54) is 38.6 Å². The fourth-order valence-electron chi connectivity index (χ4n) is 4.57. The van der Waals surface area contributed by atoms with E-state index in [4.69, 9.17) is 9.47 Å². The first-order chi connectivity index (χ1) is 22.0. The number of fused-ring (bicyclic) bond motifs is 1. The molecule has 0 fully saturated rings. The summed E-state index contributed by atoms with van der Waals surface area (Å²) < 4.78 is 65.9. The quantitative estimate of drug-likeness (QED) is 0.155. The summed E-state index contributed by atoms with van der Waals surface area (Å²) in [4.78, 5) is 21.4. The maximum absolute atomic E-state index is 13.7. The molecule has 5 rings (SSSR count). The van der Waals surface area contributed by atoms with E-state index in [1.807, 2.05) is 6.92 Å². The number of methoxy groups -OCH3 is 2. The molecule has 2 aromatic heterocycles. The minimum Gasteiger partial charge on any atom is -0.496 e. The van der Waals surface area contributed by atoms with Crippen LogP contribution < -0.4 is 20.1 Å². The second-order valence-corrected chi connectivity index (χ2v) is 13.9. The second kappa shape index (κ2) is 13.1. The summed E-state index contributed by atoms with van der Waals surface area (Å²) in [6.45, 7) is 3.55. The standard InChI is InChI=1S/C31H32N6O7S2/c1-5-45(39,40)36-26-9-7-6-8-21(26)19-32-28-25-16-17-37(46(41,42)23-13-10-20(2)11-14-23)29(25)35-31(34-28)33-22-12-15-24(30(38)44-4)27(18-22)43-3/h6-18,36H,5,19H2,1-4H3,(H2,32,33,34,35). The van der Waals surface area contributed by atoms with E-state index < -0.39 is 26.0 Å². The van der Waals surface area contributed by atoms with Crippen molar-refractivity contribution in [2.75, 3.05) is 35.3 Å². The number of ether oxygens (including phenoxy) is 2. The summed E-state index contributed by atoms with van der Waals surface area (Å²) in [5.41, 5.74) is 2.71. The second-order valence-electron chi connectivity index (χ2n) is 10.1. The highest BCUT2D eigenvalue weighted by Crippen LogP contribution is 2.30. The average Bonchev–Trinajstić information content (AvgIpc) is 3.49. The van der Waals surface area contributed by atoms with E-state index in [2.05, 4.69) is 25.3 Å². The zero-order valence-electron chi connectivity index (χ0n) is 25.4. The first-order valence-corrected chi connectivity index (χ1v) is 17.1. The van der Waals surface area contributed by atoms with Gasteiger partial charge in [0, 0.05) is 24.5 Å². The number of aryl methyl sites for hydroxylation is 1. The van der Waals surface area contributed by atoms with Crippen LogP contribution in [-0.2, 0) is 31.3 Å². The van der Waals surface area contributed by atoms with Crippen molar-refractivity contribution in [3.05, 3.63) is 95.7 Å². The largest absolute Gasteiger partial charge is 0.496 e. The van der Waals surface area contributed by atoms with Crippen LogP contribution in [0.3, 0.4) is 0 Å². The van der Waals surface area contributed by atoms with E-state index in [9.17, 15) is 21.6 Å². The van der Waals surface area contributed by atoms with Gasteiger partial charge in [-0.25, -0.2) is 25.6 Å². The van der Waals surface area contributed by atoms with Gasteiger partial charge in [-0.05, 0) is 55.8 Å². The molecule has 0 atom stereocenters. The SMILES string of the molecule is CCS(=O)(=O)Nc1ccccc1CNc1nc(Nc2ccc(C(=O)OC)c(OC)c2)nc2c1ccn2S(=O)(=O)c1ccc(C)cc1. The summed E-state index contributed by atoms with van der Waals surface area (Å²) >= 11 is 0. The molecule has 0 saturated carbocycles. The maximum Gasteiger partial charge on any atom is 0.341 e. The Hall–Kier alpha value is -5.15. The third kappa shape index (κ3) is 6.74. The Morgan fingerprint density at radius 3 is 2.37 bits per heavy atom. The van der Waals surface area contributed by atoms with Crippen LogP contribution in [0.4, 0.5) is 23.1 Å². The highest BCUT2D eigenvalue weighted by atomic mass is 32.2. The summed E-state index contributed by atoms with van der Waals surface area (Å²) in [6.07, 6.45) is 1.40. The van der Waals surface area contributed by atoms with Crippen molar-refractivity contribution in [1.82, 2.24) is 13.9 Å². The van der Waals surface area contributed by atoms with Crippen molar-refractivity contribution < 1.29 is 31.1 Å². The minimum absolute atomic E-state index is 0.0434. The Bertz CT molecular complexity index is 2130. The molecule has 46 heavy (non-hydrogen) atoms. The lowest BCUT2D eigenvalue weighted by Gasteiger charge is -2.15. The topological polar surface area (TPSA) is 171 Å². The fourth-order valence-corrected chi connectivity index (χ4v) is 6.54. The number of carbonyl (C=O) groups excluding carboxylic acids is 1. The van der Waals surface area contributed by atoms with Crippen LogP contribution in [0.5, 0.6) is 5.75 Å². The lowest BCUT2D eigenvalue weighted by atomic mass is 10.2. The van der Waals surface area contributed by atoms with E-state index in [1.54, 1.807) is 61.5 Å². The van der Waals surface area contributed by atoms with Gasteiger partial charge in [0.05, 0.1) is 35.9 Å². The molecule has 0 saturated heterocycles. The van der Waals surface area contributed by atoms with E-state index in [0.717, 1.165) is 9.54 Å². The van der Waals surface area contributed by atoms with Gasteiger partial charge in [0.15, 0.2) is 5.65 Å². The van der Waals surface area contributed by atoms with Gasteiger partial charge in [0.25, 0.3) is 10.0 Å². The number of carbonyl (C=O) groups is 1. The van der Waals surface area contributed by atoms with Crippen LogP contribution in [0.2, 0.25) is 0 Å². The first kappa shape index (κ1) is 32.2. The molecule has 0 spiro atoms. The summed E-state index contributed by atoms with van der Waals surface area (Å²) in [6, 6.07) is 19.7. The lowest BCUT2D eigenvalue weighted by Crippen LogP contribution is -2.16. The van der Waals surface area contributed by atoms with Crippen LogP contribution in [0.25, 0.3) is 11.0 Å². The van der Waals surface area contributed by atoms with Crippen LogP contribution >= 0.6 is 0 Å². The Morgan fingerprint density at radius 1 is 0.935 bits per heavy atom. The molecule has 0 bridgehead atoms. The van der Waals surface area contributed by atoms with Crippen molar-refractivity contribution >= 4 is 60.2 Å². The van der Waals surface area contributed by atoms with Crippen LogP contribution in [0.15, 0.2) is 83.9 Å². The zero-order chi connectivity index (χ0) is 33.1. The van der Waals surface area contributed by atoms with Gasteiger partial charge in [-0.15, -0.1) is 0 Å². The molecule has 0 aliphatic rings. The van der Waals surface area contributed by atoms with Gasteiger partial charge in [0.1, 0.15) is 17.1 Å². The number of rotatable bonds is 12. The summed E-state index contributed by atoms with van der Waals surface area (Å²) in [5, 5.41) is 6.69. The molecular formula is C31H32N6O7S2. The predicted molar refractivity (Wildman–Crippen MR) is 176 cm³/mol. The number of esters is 1. The van der Waals surface area contributed by atoms with Crippen molar-refractivity contribution in [2.45, 2.75) is 25.3 Å². The number of nitrogens with zero attached hydrogens (tertiary/aromatic N) is 3. The third-order valence-corrected chi connectivity index (χ3v) is 10.0. The van der Waals surface area contributed by atoms with Gasteiger partial charge in [-0.2, -0.15) is 9.97 Å². The van der Waals surface area contributed by atoms with E-state index >= 15 is 0 Å². The molecule has 0 amide bonds. The van der Waals surface area contributed by atoms with Crippen molar-refractivity contribution in [3.8, 4) is 5.75 Å². The Labute approximate surface area is 266 Å². The highest BCUT2D eigenvalue weighted by molar-refractivity contribution is 7.92. The molecule has 0 radical (unpaired) electrons. The minimum atomic E-state index is -4.05. The Balaban J connectivity index is 1.58. The number of anilines is 4. The van der Waals surface area contributed by atoms with Gasteiger partial charge < -0.3 is 20.1 Å². The molecule has 2 heterocycles. The van der Waals surface area contributed by atoms with Gasteiger partial charge in [-0.1, -0.05) is 35.9 Å². The molecule has 3 N–H and O–H groups in total. The Morgan fingerprint density at radius 2 is 1.67 bits per heavy atom. The first-order valence-electron chi connectivity index (χ1n) is 14.0. The molecule has 240 valence electrons. The molecule has 0 unspecified atom stereocenters. The number of aromatic nitrogens is 3. The summed E-state index contributed by atoms with van der Waals surface area (Å²) in [5.74, 6) is -0.0930. The third-order valence-electron chi connectivity index (χ3n) is 7.06. The molecule has 0 aliphatic carbocycles.